The minimum absolute atomic E-state index is 0.145. The van der Waals surface area contributed by atoms with Gasteiger partial charge >= 0.3 is 0 Å². The van der Waals surface area contributed by atoms with Crippen LogP contribution in [0.25, 0.3) is 0 Å². The second-order valence-electron chi connectivity index (χ2n) is 5.57. The van der Waals surface area contributed by atoms with Crippen molar-refractivity contribution >= 4 is 11.7 Å². The van der Waals surface area contributed by atoms with Crippen molar-refractivity contribution in [3.8, 4) is 0 Å². The van der Waals surface area contributed by atoms with Crippen LogP contribution in [0, 0.1) is 6.92 Å². The highest BCUT2D eigenvalue weighted by atomic mass is 16.2. The number of nitrogens with one attached hydrogen (secondary N) is 1. The van der Waals surface area contributed by atoms with Gasteiger partial charge in [0.1, 0.15) is 18.2 Å². The highest BCUT2D eigenvalue weighted by Gasteiger charge is 2.30. The Bertz CT molecular complexity index is 666. The molecule has 1 amide bonds. The highest BCUT2D eigenvalue weighted by Crippen LogP contribution is 2.32. The van der Waals surface area contributed by atoms with Gasteiger partial charge in [0.15, 0.2) is 0 Å². The molecule has 0 aliphatic carbocycles. The van der Waals surface area contributed by atoms with Gasteiger partial charge in [0, 0.05) is 32.2 Å². The summed E-state index contributed by atoms with van der Waals surface area (Å²) in [5, 5.41) is 3.05. The first-order valence-corrected chi connectivity index (χ1v) is 7.60. The van der Waals surface area contributed by atoms with Crippen molar-refractivity contribution in [3.63, 3.8) is 0 Å². The van der Waals surface area contributed by atoms with Crippen LogP contribution in [0.4, 0.5) is 5.82 Å². The molecular weight excluding hydrogens is 278 g/mol. The molecule has 1 aliphatic heterocycles. The maximum atomic E-state index is 12.6. The number of imidazole rings is 1. The number of hydrogen-bond acceptors (Lipinski definition) is 4. The molecule has 0 aromatic carbocycles. The predicted octanol–water partition coefficient (Wildman–Crippen LogP) is 1.99. The van der Waals surface area contributed by atoms with Crippen LogP contribution in [0.5, 0.6) is 0 Å². The summed E-state index contributed by atoms with van der Waals surface area (Å²) in [6, 6.07) is 4.17. The fourth-order valence-corrected chi connectivity index (χ4v) is 3.01. The van der Waals surface area contributed by atoms with Crippen LogP contribution >= 0.6 is 0 Å². The molecular formula is C16H21N5O. The average Bonchev–Trinajstić information content (AvgIpc) is 3.17. The molecule has 2 aromatic rings. The van der Waals surface area contributed by atoms with E-state index in [1.165, 1.54) is 0 Å². The molecule has 0 radical (unpaired) electrons. The Balaban J connectivity index is 1.77. The number of anilines is 1. The average molecular weight is 299 g/mol. The topological polar surface area (TPSA) is 63.1 Å². The number of nitrogens with zero attached hydrogens (tertiary/aromatic N) is 4. The van der Waals surface area contributed by atoms with Gasteiger partial charge in [-0.1, -0.05) is 0 Å². The zero-order chi connectivity index (χ0) is 15.5. The molecule has 116 valence electrons. The molecule has 6 heteroatoms. The Kier molecular flexibility index (Phi) is 4.09. The quantitative estimate of drug-likeness (QED) is 0.938. The molecule has 1 saturated heterocycles. The Labute approximate surface area is 130 Å². The van der Waals surface area contributed by atoms with E-state index in [4.69, 9.17) is 0 Å². The fraction of sp³-hybridized carbons (Fsp3) is 0.438. The van der Waals surface area contributed by atoms with E-state index in [9.17, 15) is 4.79 Å². The van der Waals surface area contributed by atoms with Crippen LogP contribution in [0.1, 0.15) is 30.3 Å². The van der Waals surface area contributed by atoms with E-state index in [1.54, 1.807) is 12.4 Å². The first-order valence-electron chi connectivity index (χ1n) is 7.60. The second-order valence-corrected chi connectivity index (χ2v) is 5.57. The monoisotopic (exact) mass is 299 g/mol. The van der Waals surface area contributed by atoms with E-state index < -0.39 is 0 Å². The molecule has 6 nitrogen and oxygen atoms in total. The molecule has 0 saturated carbocycles. The van der Waals surface area contributed by atoms with Crippen LogP contribution in [-0.2, 0) is 11.3 Å². The number of aryl methyl sites for hydroxylation is 1. The molecule has 0 bridgehead atoms. The van der Waals surface area contributed by atoms with Crippen molar-refractivity contribution in [3.05, 3.63) is 42.1 Å². The minimum Gasteiger partial charge on any atom is -0.373 e. The van der Waals surface area contributed by atoms with E-state index in [0.717, 1.165) is 36.6 Å². The Morgan fingerprint density at radius 2 is 2.27 bits per heavy atom. The van der Waals surface area contributed by atoms with Crippen LogP contribution in [0.15, 0.2) is 30.7 Å². The lowest BCUT2D eigenvalue weighted by atomic mass is 10.1. The van der Waals surface area contributed by atoms with Crippen LogP contribution in [0.2, 0.25) is 0 Å². The summed E-state index contributed by atoms with van der Waals surface area (Å²) < 4.78 is 1.89. The van der Waals surface area contributed by atoms with E-state index in [0.29, 0.717) is 6.54 Å². The summed E-state index contributed by atoms with van der Waals surface area (Å²) in [4.78, 5) is 23.0. The Morgan fingerprint density at radius 1 is 1.41 bits per heavy atom. The number of likely N-dealkylation sites (tertiary alicyclic amines) is 1. The molecule has 1 atom stereocenters. The summed E-state index contributed by atoms with van der Waals surface area (Å²) in [5.74, 6) is 1.85. The molecule has 3 heterocycles. The van der Waals surface area contributed by atoms with Gasteiger partial charge in [-0.05, 0) is 37.5 Å². The largest absolute Gasteiger partial charge is 0.373 e. The SMILES string of the molecule is CNc1cc(C2CCCN2C(=O)Cn2ccnc2C)ccn1. The second kappa shape index (κ2) is 6.17. The van der Waals surface area contributed by atoms with Gasteiger partial charge in [-0.3, -0.25) is 4.79 Å². The number of aromatic nitrogens is 3. The summed E-state index contributed by atoms with van der Waals surface area (Å²) >= 11 is 0. The lowest BCUT2D eigenvalue weighted by Gasteiger charge is -2.25. The third kappa shape index (κ3) is 2.81. The zero-order valence-electron chi connectivity index (χ0n) is 13.0. The molecule has 0 spiro atoms. The van der Waals surface area contributed by atoms with Crippen molar-refractivity contribution in [2.45, 2.75) is 32.4 Å². The number of amides is 1. The normalized spacial score (nSPS) is 17.7. The summed E-state index contributed by atoms with van der Waals surface area (Å²) in [6.07, 6.45) is 7.41. The van der Waals surface area contributed by atoms with Crippen molar-refractivity contribution in [2.24, 2.45) is 0 Å². The molecule has 22 heavy (non-hydrogen) atoms. The van der Waals surface area contributed by atoms with Gasteiger partial charge in [0.2, 0.25) is 5.91 Å². The Hall–Kier alpha value is -2.37. The standard InChI is InChI=1S/C16H21N5O/c1-12-18-7-9-20(12)11-16(22)21-8-3-4-14(21)13-5-6-19-15(10-13)17-2/h5-7,9-10,14H,3-4,8,11H2,1-2H3,(H,17,19). The maximum absolute atomic E-state index is 12.6. The molecule has 1 fully saturated rings. The number of carbonyl (C=O) groups is 1. The molecule has 2 aromatic heterocycles. The Morgan fingerprint density at radius 3 is 3.00 bits per heavy atom. The maximum Gasteiger partial charge on any atom is 0.243 e. The van der Waals surface area contributed by atoms with Crippen molar-refractivity contribution < 1.29 is 4.79 Å². The smallest absolute Gasteiger partial charge is 0.243 e. The van der Waals surface area contributed by atoms with Crippen LogP contribution in [0.3, 0.4) is 0 Å². The molecule has 1 unspecified atom stereocenters. The van der Waals surface area contributed by atoms with Gasteiger partial charge in [-0.25, -0.2) is 9.97 Å². The number of hydrogen-bond donors (Lipinski definition) is 1. The minimum atomic E-state index is 0.145. The van der Waals surface area contributed by atoms with Gasteiger partial charge in [0.25, 0.3) is 0 Å². The molecule has 1 aliphatic rings. The van der Waals surface area contributed by atoms with Gasteiger partial charge in [-0.2, -0.15) is 0 Å². The van der Waals surface area contributed by atoms with Crippen molar-refractivity contribution in [1.29, 1.82) is 0 Å². The lowest BCUT2D eigenvalue weighted by molar-refractivity contribution is -0.132. The van der Waals surface area contributed by atoms with E-state index in [1.807, 2.05) is 41.8 Å². The number of carbonyl (C=O) groups excluding carboxylic acids is 1. The summed E-state index contributed by atoms with van der Waals surface area (Å²) in [7, 11) is 1.85. The first kappa shape index (κ1) is 14.6. The van der Waals surface area contributed by atoms with Gasteiger partial charge < -0.3 is 14.8 Å². The van der Waals surface area contributed by atoms with Crippen molar-refractivity contribution in [2.75, 3.05) is 18.9 Å². The van der Waals surface area contributed by atoms with Crippen molar-refractivity contribution in [1.82, 2.24) is 19.4 Å². The van der Waals surface area contributed by atoms with Crippen LogP contribution < -0.4 is 5.32 Å². The third-order valence-electron chi connectivity index (χ3n) is 4.23. The fourth-order valence-electron chi connectivity index (χ4n) is 3.01. The summed E-state index contributed by atoms with van der Waals surface area (Å²) in [6.45, 7) is 3.08. The zero-order valence-corrected chi connectivity index (χ0v) is 13.0. The lowest BCUT2D eigenvalue weighted by Crippen LogP contribution is -2.33. The molecule has 1 N–H and O–H groups in total. The van der Waals surface area contributed by atoms with E-state index in [-0.39, 0.29) is 11.9 Å². The number of rotatable bonds is 4. The van der Waals surface area contributed by atoms with Gasteiger partial charge in [0.05, 0.1) is 6.04 Å². The first-order chi connectivity index (χ1) is 10.7. The number of pyridine rings is 1. The van der Waals surface area contributed by atoms with Gasteiger partial charge in [-0.15, -0.1) is 0 Å². The summed E-state index contributed by atoms with van der Waals surface area (Å²) in [5.41, 5.74) is 1.15. The van der Waals surface area contributed by atoms with Crippen LogP contribution in [-0.4, -0.2) is 38.9 Å². The predicted molar refractivity (Wildman–Crippen MR) is 84.4 cm³/mol. The third-order valence-corrected chi connectivity index (χ3v) is 4.23. The molecule has 3 rings (SSSR count). The van der Waals surface area contributed by atoms with E-state index in [2.05, 4.69) is 15.3 Å². The highest BCUT2D eigenvalue weighted by molar-refractivity contribution is 5.77. The van der Waals surface area contributed by atoms with E-state index >= 15 is 0 Å².